The molecule has 0 saturated heterocycles. The summed E-state index contributed by atoms with van der Waals surface area (Å²) in [6, 6.07) is 0. The molecule has 1 aliphatic rings. The monoisotopic (exact) mass is 172 g/mol. The maximum absolute atomic E-state index is 10.8. The topological polar surface area (TPSA) is 35.5 Å². The molecule has 0 spiro atoms. The first-order valence-electron chi connectivity index (χ1n) is 4.56. The molecule has 1 saturated carbocycles. The smallest absolute Gasteiger partial charge is 0.332 e. The Morgan fingerprint density at radius 2 is 2.25 bits per heavy atom. The van der Waals surface area contributed by atoms with E-state index >= 15 is 0 Å². The lowest BCUT2D eigenvalue weighted by Crippen LogP contribution is -2.13. The van der Waals surface area contributed by atoms with Gasteiger partial charge in [-0.05, 0) is 19.3 Å². The molecule has 1 aliphatic carbocycles. The number of hydrogen-bond acceptors (Lipinski definition) is 3. The second-order valence-corrected chi connectivity index (χ2v) is 3.09. The van der Waals surface area contributed by atoms with Gasteiger partial charge < -0.3 is 9.47 Å². The zero-order valence-corrected chi connectivity index (χ0v) is 7.54. The summed E-state index contributed by atoms with van der Waals surface area (Å²) >= 11 is 0. The molecule has 0 bridgehead atoms. The molecule has 0 heterocycles. The van der Waals surface area contributed by atoms with Gasteiger partial charge in [-0.1, -0.05) is 12.8 Å². The van der Waals surface area contributed by atoms with Crippen molar-refractivity contribution in [3.63, 3.8) is 0 Å². The van der Waals surface area contributed by atoms with E-state index in [0.29, 0.717) is 13.2 Å². The van der Waals surface area contributed by atoms with E-state index in [9.17, 15) is 4.79 Å². The van der Waals surface area contributed by atoms with E-state index in [1.54, 1.807) is 6.92 Å². The van der Waals surface area contributed by atoms with Crippen molar-refractivity contribution in [2.75, 3.05) is 19.8 Å². The predicted octanol–water partition coefficient (Wildman–Crippen LogP) is 1.37. The maximum Gasteiger partial charge on any atom is 0.332 e. The molecule has 3 heteroatoms. The molecule has 70 valence electrons. The van der Waals surface area contributed by atoms with Gasteiger partial charge in [0.2, 0.25) is 0 Å². The van der Waals surface area contributed by atoms with Crippen LogP contribution in [0.2, 0.25) is 0 Å². The van der Waals surface area contributed by atoms with Crippen molar-refractivity contribution >= 4 is 5.97 Å². The SMILES string of the molecule is CCOC(=O)COCCC1CC1. The zero-order chi connectivity index (χ0) is 8.81. The third-order valence-electron chi connectivity index (χ3n) is 1.89. The van der Waals surface area contributed by atoms with Crippen molar-refractivity contribution < 1.29 is 14.3 Å². The molecule has 0 amide bonds. The van der Waals surface area contributed by atoms with Crippen LogP contribution in [-0.4, -0.2) is 25.8 Å². The van der Waals surface area contributed by atoms with Gasteiger partial charge in [-0.25, -0.2) is 4.79 Å². The van der Waals surface area contributed by atoms with Gasteiger partial charge in [0.05, 0.1) is 6.61 Å². The molecule has 0 unspecified atom stereocenters. The summed E-state index contributed by atoms with van der Waals surface area (Å²) in [4.78, 5) is 10.8. The predicted molar refractivity (Wildman–Crippen MR) is 44.8 cm³/mol. The Morgan fingerprint density at radius 3 is 2.83 bits per heavy atom. The Labute approximate surface area is 73.0 Å². The van der Waals surface area contributed by atoms with Crippen LogP contribution in [0.15, 0.2) is 0 Å². The molecule has 0 radical (unpaired) electrons. The zero-order valence-electron chi connectivity index (χ0n) is 7.54. The summed E-state index contributed by atoms with van der Waals surface area (Å²) in [5.74, 6) is 0.612. The van der Waals surface area contributed by atoms with Crippen LogP contribution in [0, 0.1) is 5.92 Å². The third kappa shape index (κ3) is 4.34. The summed E-state index contributed by atoms with van der Waals surface area (Å²) in [5.41, 5.74) is 0. The Morgan fingerprint density at radius 1 is 1.50 bits per heavy atom. The quantitative estimate of drug-likeness (QED) is 0.448. The van der Waals surface area contributed by atoms with Gasteiger partial charge in [-0.15, -0.1) is 0 Å². The fraction of sp³-hybridized carbons (Fsp3) is 0.889. The lowest BCUT2D eigenvalue weighted by Gasteiger charge is -2.02. The highest BCUT2D eigenvalue weighted by atomic mass is 16.6. The average Bonchev–Trinajstić information content (AvgIpc) is 2.82. The van der Waals surface area contributed by atoms with Crippen molar-refractivity contribution in [2.45, 2.75) is 26.2 Å². The van der Waals surface area contributed by atoms with Gasteiger partial charge in [-0.2, -0.15) is 0 Å². The second-order valence-electron chi connectivity index (χ2n) is 3.09. The first-order chi connectivity index (χ1) is 5.83. The summed E-state index contributed by atoms with van der Waals surface area (Å²) in [7, 11) is 0. The molecule has 0 N–H and O–H groups in total. The Balaban J connectivity index is 1.83. The van der Waals surface area contributed by atoms with E-state index in [0.717, 1.165) is 12.3 Å². The highest BCUT2D eigenvalue weighted by Gasteiger charge is 2.20. The summed E-state index contributed by atoms with van der Waals surface area (Å²) in [6.07, 6.45) is 3.77. The van der Waals surface area contributed by atoms with Crippen LogP contribution in [0.1, 0.15) is 26.2 Å². The van der Waals surface area contributed by atoms with Crippen LogP contribution >= 0.6 is 0 Å². The lowest BCUT2D eigenvalue weighted by molar-refractivity contribution is -0.148. The number of carbonyl (C=O) groups excluding carboxylic acids is 1. The molecule has 1 rings (SSSR count). The number of rotatable bonds is 6. The van der Waals surface area contributed by atoms with Crippen molar-refractivity contribution in [1.82, 2.24) is 0 Å². The summed E-state index contributed by atoms with van der Waals surface area (Å²) in [6.45, 7) is 3.04. The normalized spacial score (nSPS) is 16.1. The molecule has 0 aromatic rings. The minimum Gasteiger partial charge on any atom is -0.464 e. The van der Waals surface area contributed by atoms with Gasteiger partial charge in [-0.3, -0.25) is 0 Å². The molecule has 3 nitrogen and oxygen atoms in total. The van der Waals surface area contributed by atoms with E-state index in [-0.39, 0.29) is 12.6 Å². The van der Waals surface area contributed by atoms with Crippen LogP contribution in [0.5, 0.6) is 0 Å². The molecular weight excluding hydrogens is 156 g/mol. The number of hydrogen-bond donors (Lipinski definition) is 0. The number of ether oxygens (including phenoxy) is 2. The molecule has 1 fully saturated rings. The largest absolute Gasteiger partial charge is 0.464 e. The fourth-order valence-electron chi connectivity index (χ4n) is 1.01. The first-order valence-corrected chi connectivity index (χ1v) is 4.56. The fourth-order valence-corrected chi connectivity index (χ4v) is 1.01. The average molecular weight is 172 g/mol. The van der Waals surface area contributed by atoms with Crippen LogP contribution in [0.3, 0.4) is 0 Å². The van der Waals surface area contributed by atoms with E-state index in [1.807, 2.05) is 0 Å². The molecule has 12 heavy (non-hydrogen) atoms. The van der Waals surface area contributed by atoms with Crippen molar-refractivity contribution in [3.8, 4) is 0 Å². The van der Waals surface area contributed by atoms with Crippen LogP contribution in [-0.2, 0) is 14.3 Å². The minimum atomic E-state index is -0.256. The molecule has 0 aromatic carbocycles. The first kappa shape index (κ1) is 9.52. The standard InChI is InChI=1S/C9H16O3/c1-2-12-9(10)7-11-6-5-8-3-4-8/h8H,2-7H2,1H3. The Hall–Kier alpha value is -0.570. The van der Waals surface area contributed by atoms with Crippen LogP contribution in [0.25, 0.3) is 0 Å². The van der Waals surface area contributed by atoms with Crippen LogP contribution in [0.4, 0.5) is 0 Å². The van der Waals surface area contributed by atoms with E-state index < -0.39 is 0 Å². The van der Waals surface area contributed by atoms with Gasteiger partial charge in [0, 0.05) is 6.61 Å². The summed E-state index contributed by atoms with van der Waals surface area (Å²) in [5, 5.41) is 0. The molecule has 0 aromatic heterocycles. The van der Waals surface area contributed by atoms with E-state index in [4.69, 9.17) is 9.47 Å². The van der Waals surface area contributed by atoms with Crippen molar-refractivity contribution in [3.05, 3.63) is 0 Å². The molecule has 0 atom stereocenters. The highest BCUT2D eigenvalue weighted by Crippen LogP contribution is 2.31. The Bertz CT molecular complexity index is 141. The van der Waals surface area contributed by atoms with Crippen LogP contribution < -0.4 is 0 Å². The third-order valence-corrected chi connectivity index (χ3v) is 1.89. The molecule has 0 aliphatic heterocycles. The Kier molecular flexibility index (Phi) is 4.08. The number of esters is 1. The lowest BCUT2D eigenvalue weighted by atomic mass is 10.3. The van der Waals surface area contributed by atoms with E-state index in [2.05, 4.69) is 0 Å². The van der Waals surface area contributed by atoms with Crippen molar-refractivity contribution in [1.29, 1.82) is 0 Å². The second kappa shape index (κ2) is 5.14. The van der Waals surface area contributed by atoms with Gasteiger partial charge in [0.25, 0.3) is 0 Å². The minimum absolute atomic E-state index is 0.112. The molecular formula is C9H16O3. The van der Waals surface area contributed by atoms with Gasteiger partial charge in [0.15, 0.2) is 0 Å². The van der Waals surface area contributed by atoms with Crippen molar-refractivity contribution in [2.24, 2.45) is 5.92 Å². The summed E-state index contributed by atoms with van der Waals surface area (Å²) < 4.78 is 9.82. The highest BCUT2D eigenvalue weighted by molar-refractivity contribution is 5.70. The van der Waals surface area contributed by atoms with Gasteiger partial charge >= 0.3 is 5.97 Å². The maximum atomic E-state index is 10.8. The van der Waals surface area contributed by atoms with E-state index in [1.165, 1.54) is 12.8 Å². The van der Waals surface area contributed by atoms with Gasteiger partial charge in [0.1, 0.15) is 6.61 Å². The number of carbonyl (C=O) groups is 1.